The van der Waals surface area contributed by atoms with E-state index in [4.69, 9.17) is 11.4 Å². The van der Waals surface area contributed by atoms with Gasteiger partial charge in [-0.3, -0.25) is 4.90 Å². The summed E-state index contributed by atoms with van der Waals surface area (Å²) < 4.78 is 30.0. The van der Waals surface area contributed by atoms with E-state index in [0.29, 0.717) is 24.3 Å². The molecule has 43 heavy (non-hydrogen) atoms. The van der Waals surface area contributed by atoms with Gasteiger partial charge >= 0.3 is 6.03 Å². The summed E-state index contributed by atoms with van der Waals surface area (Å²) in [5.41, 5.74) is 3.67. The standard InChI is InChI=1S/C33H41F2N7O/c1-9-12-28(35)30(23(7)34)42-31-27(20-37-33(42)43)29(26-19-25(14-13-22(26)6)24(8)38-21(4)5)39-32(40-31)36-15-18-41(16-10-2)17-11-3/h1,10,12-14,19,21,38H,2,8,11,15-18,20H2,3-7H3,(H,37,43)(H,36,39,40)/b28-12+,30-23-. The summed E-state index contributed by atoms with van der Waals surface area (Å²) in [6.45, 7) is 20.0. The predicted octanol–water partition coefficient (Wildman–Crippen LogP) is 6.45. The number of urea groups is 1. The number of rotatable bonds is 14. The Hall–Kier alpha value is -4.49. The van der Waals surface area contributed by atoms with Crippen LogP contribution in [0.25, 0.3) is 17.0 Å². The average Bonchev–Trinajstić information content (AvgIpc) is 2.94. The number of halogens is 2. The fourth-order valence-electron chi connectivity index (χ4n) is 4.85. The zero-order valence-corrected chi connectivity index (χ0v) is 25.7. The molecule has 0 spiro atoms. The van der Waals surface area contributed by atoms with Crippen LogP contribution in [0.4, 0.5) is 25.3 Å². The zero-order chi connectivity index (χ0) is 31.7. The van der Waals surface area contributed by atoms with Gasteiger partial charge in [0.2, 0.25) is 5.95 Å². The van der Waals surface area contributed by atoms with Crippen LogP contribution < -0.4 is 20.9 Å². The molecule has 0 fully saturated rings. The highest BCUT2D eigenvalue weighted by Crippen LogP contribution is 2.38. The van der Waals surface area contributed by atoms with Crippen LogP contribution in [0.5, 0.6) is 0 Å². The van der Waals surface area contributed by atoms with Crippen molar-refractivity contribution in [3.05, 3.63) is 77.6 Å². The molecule has 3 N–H and O–H groups in total. The first-order valence-electron chi connectivity index (χ1n) is 14.3. The quantitative estimate of drug-likeness (QED) is 0.134. The number of nitrogens with zero attached hydrogens (tertiary/aromatic N) is 4. The lowest BCUT2D eigenvalue weighted by Gasteiger charge is -2.31. The Labute approximate surface area is 253 Å². The number of terminal acetylenes is 1. The monoisotopic (exact) mass is 589 g/mol. The van der Waals surface area contributed by atoms with Gasteiger partial charge in [0.25, 0.3) is 0 Å². The van der Waals surface area contributed by atoms with Crippen molar-refractivity contribution in [1.29, 1.82) is 0 Å². The van der Waals surface area contributed by atoms with Crippen molar-refractivity contribution in [2.45, 2.75) is 53.6 Å². The maximum Gasteiger partial charge on any atom is 0.328 e. The fraction of sp³-hybridized carbons (Fsp3) is 0.364. The molecule has 0 radical (unpaired) electrons. The molecule has 0 saturated carbocycles. The third-order valence-corrected chi connectivity index (χ3v) is 6.75. The van der Waals surface area contributed by atoms with Gasteiger partial charge in [0.15, 0.2) is 11.6 Å². The molecule has 2 amide bonds. The third kappa shape index (κ3) is 8.08. The number of carbonyl (C=O) groups excluding carboxylic acids is 1. The lowest BCUT2D eigenvalue weighted by molar-refractivity contribution is 0.245. The Morgan fingerprint density at radius 2 is 2.05 bits per heavy atom. The highest BCUT2D eigenvalue weighted by molar-refractivity contribution is 5.99. The number of benzene rings is 1. The molecular formula is C33H41F2N7O. The van der Waals surface area contributed by atoms with E-state index in [-0.39, 0.29) is 24.4 Å². The summed E-state index contributed by atoms with van der Waals surface area (Å²) in [5, 5.41) is 9.30. The van der Waals surface area contributed by atoms with E-state index in [9.17, 15) is 9.18 Å². The Morgan fingerprint density at radius 1 is 1.30 bits per heavy atom. The summed E-state index contributed by atoms with van der Waals surface area (Å²) in [4.78, 5) is 25.8. The van der Waals surface area contributed by atoms with Crippen LogP contribution in [0.1, 0.15) is 50.8 Å². The number of aryl methyl sites for hydroxylation is 1. The fourth-order valence-corrected chi connectivity index (χ4v) is 4.85. The first-order chi connectivity index (χ1) is 20.5. The second-order valence-electron chi connectivity index (χ2n) is 10.6. The van der Waals surface area contributed by atoms with E-state index in [1.54, 1.807) is 0 Å². The van der Waals surface area contributed by atoms with E-state index in [2.05, 4.69) is 51.8 Å². The highest BCUT2D eigenvalue weighted by Gasteiger charge is 2.35. The van der Waals surface area contributed by atoms with Crippen LogP contribution in [0, 0.1) is 19.3 Å². The van der Waals surface area contributed by atoms with Crippen LogP contribution in [-0.2, 0) is 6.54 Å². The molecule has 1 aliphatic rings. The van der Waals surface area contributed by atoms with Crippen LogP contribution in [0.15, 0.2) is 60.9 Å². The predicted molar refractivity (Wildman–Crippen MR) is 171 cm³/mol. The van der Waals surface area contributed by atoms with Crippen molar-refractivity contribution in [2.24, 2.45) is 0 Å². The molecule has 1 aliphatic heterocycles. The molecule has 3 rings (SSSR count). The minimum absolute atomic E-state index is 0.0534. The van der Waals surface area contributed by atoms with E-state index >= 15 is 4.39 Å². The smallest absolute Gasteiger partial charge is 0.328 e. The summed E-state index contributed by atoms with van der Waals surface area (Å²) in [6, 6.07) is 5.33. The minimum Gasteiger partial charge on any atom is -0.383 e. The number of amides is 2. The van der Waals surface area contributed by atoms with E-state index in [0.717, 1.165) is 59.8 Å². The van der Waals surface area contributed by atoms with Crippen LogP contribution in [0.2, 0.25) is 0 Å². The second-order valence-corrected chi connectivity index (χ2v) is 10.6. The number of anilines is 2. The Balaban J connectivity index is 2.22. The molecular weight excluding hydrogens is 548 g/mol. The number of allylic oxidation sites excluding steroid dienone is 3. The number of carbonyl (C=O) groups is 1. The van der Waals surface area contributed by atoms with Crippen molar-refractivity contribution in [3.63, 3.8) is 0 Å². The molecule has 228 valence electrons. The van der Waals surface area contributed by atoms with Crippen LogP contribution in [-0.4, -0.2) is 53.1 Å². The van der Waals surface area contributed by atoms with Gasteiger partial charge in [-0.15, -0.1) is 13.0 Å². The van der Waals surface area contributed by atoms with Crippen molar-refractivity contribution in [1.82, 2.24) is 25.5 Å². The van der Waals surface area contributed by atoms with Crippen molar-refractivity contribution in [2.75, 3.05) is 36.4 Å². The first kappa shape index (κ1) is 33.0. The number of hydrogen-bond donors (Lipinski definition) is 3. The van der Waals surface area contributed by atoms with E-state index < -0.39 is 23.4 Å². The largest absolute Gasteiger partial charge is 0.383 e. The van der Waals surface area contributed by atoms with Crippen LogP contribution >= 0.6 is 0 Å². The van der Waals surface area contributed by atoms with Crippen molar-refractivity contribution in [3.8, 4) is 23.6 Å². The topological polar surface area (TPSA) is 85.4 Å². The molecule has 8 nitrogen and oxygen atoms in total. The SMILES string of the molecule is C#C/C=C(F)\C(=C(/C)F)N1C(=O)NCc2c(-c3cc(C(=C)NC(C)C)ccc3C)nc(NCCN(CC=C)CCC)nc21. The molecule has 2 aromatic rings. The molecule has 2 heterocycles. The van der Waals surface area contributed by atoms with Gasteiger partial charge in [0.1, 0.15) is 11.5 Å². The van der Waals surface area contributed by atoms with Gasteiger partial charge in [-0.25, -0.2) is 23.5 Å². The van der Waals surface area contributed by atoms with Crippen LogP contribution in [0.3, 0.4) is 0 Å². The zero-order valence-electron chi connectivity index (χ0n) is 25.7. The molecule has 0 saturated heterocycles. The number of hydrogen-bond acceptors (Lipinski definition) is 6. The summed E-state index contributed by atoms with van der Waals surface area (Å²) in [6.07, 6.45) is 8.87. The number of aromatic nitrogens is 2. The van der Waals surface area contributed by atoms with E-state index in [1.165, 1.54) is 0 Å². The van der Waals surface area contributed by atoms with Gasteiger partial charge in [0.05, 0.1) is 12.2 Å². The summed E-state index contributed by atoms with van der Waals surface area (Å²) >= 11 is 0. The summed E-state index contributed by atoms with van der Waals surface area (Å²) in [7, 11) is 0. The molecule has 0 unspecified atom stereocenters. The third-order valence-electron chi connectivity index (χ3n) is 6.75. The van der Waals surface area contributed by atoms with Crippen molar-refractivity contribution < 1.29 is 13.6 Å². The maximum atomic E-state index is 15.2. The Kier molecular flexibility index (Phi) is 11.6. The minimum atomic E-state index is -1.07. The maximum absolute atomic E-state index is 15.2. The highest BCUT2D eigenvalue weighted by atomic mass is 19.1. The lowest BCUT2D eigenvalue weighted by atomic mass is 9.97. The lowest BCUT2D eigenvalue weighted by Crippen LogP contribution is -2.45. The van der Waals surface area contributed by atoms with E-state index in [1.807, 2.05) is 45.0 Å². The van der Waals surface area contributed by atoms with Gasteiger partial charge in [-0.05, 0) is 57.9 Å². The Bertz CT molecular complexity index is 1470. The second kappa shape index (κ2) is 15.1. The van der Waals surface area contributed by atoms with Gasteiger partial charge in [-0.2, -0.15) is 4.98 Å². The number of fused-ring (bicyclic) bond motifs is 1. The first-order valence-corrected chi connectivity index (χ1v) is 14.3. The summed E-state index contributed by atoms with van der Waals surface area (Å²) in [5.74, 6) is 0.321. The molecule has 10 heteroatoms. The average molecular weight is 590 g/mol. The molecule has 0 bridgehead atoms. The molecule has 0 atom stereocenters. The molecule has 0 aliphatic carbocycles. The van der Waals surface area contributed by atoms with Crippen molar-refractivity contribution >= 4 is 23.5 Å². The van der Waals surface area contributed by atoms with Gasteiger partial charge in [-0.1, -0.05) is 37.6 Å². The Morgan fingerprint density at radius 3 is 2.67 bits per heavy atom. The van der Waals surface area contributed by atoms with Gasteiger partial charge in [0, 0.05) is 48.6 Å². The normalized spacial score (nSPS) is 13.7. The molecule has 1 aromatic heterocycles. The van der Waals surface area contributed by atoms with Gasteiger partial charge < -0.3 is 16.0 Å². The number of nitrogens with one attached hydrogen (secondary N) is 3. The molecule has 1 aromatic carbocycles.